The number of carboxylic acid groups (broad SMARTS) is 1. The van der Waals surface area contributed by atoms with E-state index in [-0.39, 0.29) is 6.47 Å². The predicted octanol–water partition coefficient (Wildman–Crippen LogP) is 2.73. The van der Waals surface area contributed by atoms with E-state index in [2.05, 4.69) is 34.2 Å². The molecular weight excluding hydrogens is 216 g/mol. The van der Waals surface area contributed by atoms with E-state index in [9.17, 15) is 0 Å². The summed E-state index contributed by atoms with van der Waals surface area (Å²) < 4.78 is 0. The van der Waals surface area contributed by atoms with Gasteiger partial charge in [-0.25, -0.2) is 0 Å². The molecule has 4 heteroatoms. The molecule has 0 amide bonds. The van der Waals surface area contributed by atoms with Crippen molar-refractivity contribution in [3.63, 3.8) is 0 Å². The first-order valence-corrected chi connectivity index (χ1v) is 5.17. The lowest BCUT2D eigenvalue weighted by Crippen LogP contribution is -1.77. The molecule has 2 aromatic heterocycles. The molecule has 0 atom stereocenters. The van der Waals surface area contributed by atoms with Gasteiger partial charge in [0.25, 0.3) is 6.47 Å². The number of aromatic amines is 1. The van der Waals surface area contributed by atoms with E-state index in [1.165, 1.54) is 16.3 Å². The number of nitrogens with zero attached hydrogens (tertiary/aromatic N) is 1. The zero-order chi connectivity index (χ0) is 12.3. The molecule has 0 radical (unpaired) electrons. The van der Waals surface area contributed by atoms with Gasteiger partial charge in [0.1, 0.15) is 0 Å². The maximum absolute atomic E-state index is 8.36. The highest BCUT2D eigenvalue weighted by Gasteiger charge is 2.02. The smallest absolute Gasteiger partial charge is 0.290 e. The summed E-state index contributed by atoms with van der Waals surface area (Å²) in [5, 5.41) is 9.42. The van der Waals surface area contributed by atoms with Crippen LogP contribution in [-0.4, -0.2) is 21.5 Å². The highest BCUT2D eigenvalue weighted by molar-refractivity contribution is 6.06. The van der Waals surface area contributed by atoms with Gasteiger partial charge in [-0.3, -0.25) is 9.78 Å². The Kier molecular flexibility index (Phi) is 3.05. The van der Waals surface area contributed by atoms with Crippen molar-refractivity contribution in [2.24, 2.45) is 0 Å². The molecule has 0 saturated heterocycles. The molecule has 3 aromatic rings. The minimum Gasteiger partial charge on any atom is -0.483 e. The fraction of sp³-hybridized carbons (Fsp3) is 0.0769. The van der Waals surface area contributed by atoms with E-state index in [4.69, 9.17) is 9.90 Å². The summed E-state index contributed by atoms with van der Waals surface area (Å²) in [6.07, 6.45) is 1.89. The van der Waals surface area contributed by atoms with Gasteiger partial charge in [-0.15, -0.1) is 0 Å². The Labute approximate surface area is 97.9 Å². The van der Waals surface area contributed by atoms with Crippen molar-refractivity contribution in [2.75, 3.05) is 0 Å². The molecule has 0 bridgehead atoms. The van der Waals surface area contributed by atoms with Gasteiger partial charge in [-0.1, -0.05) is 18.2 Å². The second-order valence-electron chi connectivity index (χ2n) is 3.65. The molecule has 0 aliphatic heterocycles. The molecule has 3 rings (SSSR count). The summed E-state index contributed by atoms with van der Waals surface area (Å²) in [7, 11) is 0. The maximum Gasteiger partial charge on any atom is 0.290 e. The van der Waals surface area contributed by atoms with E-state index >= 15 is 0 Å². The topological polar surface area (TPSA) is 66.0 Å². The number of aromatic nitrogens is 2. The molecule has 86 valence electrons. The minimum absolute atomic E-state index is 0.250. The fourth-order valence-electron chi connectivity index (χ4n) is 1.85. The number of fused-ring (bicyclic) bond motifs is 3. The predicted molar refractivity (Wildman–Crippen MR) is 67.0 cm³/mol. The van der Waals surface area contributed by atoms with Crippen LogP contribution in [0.25, 0.3) is 21.8 Å². The van der Waals surface area contributed by atoms with E-state index in [1.807, 2.05) is 19.2 Å². The molecule has 1 aromatic carbocycles. The SMILES string of the molecule is Cc1cc2c(cn1)[nH]c1ccccc12.O=CO. The monoisotopic (exact) mass is 228 g/mol. The fourth-order valence-corrected chi connectivity index (χ4v) is 1.85. The number of pyridine rings is 1. The van der Waals surface area contributed by atoms with Crippen LogP contribution in [0.3, 0.4) is 0 Å². The average Bonchev–Trinajstić information content (AvgIpc) is 2.68. The van der Waals surface area contributed by atoms with Crippen molar-refractivity contribution in [1.29, 1.82) is 0 Å². The van der Waals surface area contributed by atoms with Crippen molar-refractivity contribution in [3.05, 3.63) is 42.2 Å². The first-order chi connectivity index (χ1) is 8.26. The van der Waals surface area contributed by atoms with Crippen molar-refractivity contribution in [3.8, 4) is 0 Å². The highest BCUT2D eigenvalue weighted by Crippen LogP contribution is 2.24. The molecular formula is C13H12N2O2. The zero-order valence-corrected chi connectivity index (χ0v) is 9.34. The van der Waals surface area contributed by atoms with Gasteiger partial charge < -0.3 is 10.1 Å². The number of rotatable bonds is 0. The Hall–Kier alpha value is -2.36. The maximum atomic E-state index is 8.36. The Morgan fingerprint density at radius 3 is 2.71 bits per heavy atom. The molecule has 2 heterocycles. The van der Waals surface area contributed by atoms with E-state index in [0.717, 1.165) is 11.2 Å². The van der Waals surface area contributed by atoms with Gasteiger partial charge >= 0.3 is 0 Å². The summed E-state index contributed by atoms with van der Waals surface area (Å²) in [4.78, 5) is 16.0. The lowest BCUT2D eigenvalue weighted by molar-refractivity contribution is -0.122. The van der Waals surface area contributed by atoms with Crippen molar-refractivity contribution < 1.29 is 9.90 Å². The number of aryl methyl sites for hydroxylation is 1. The second-order valence-corrected chi connectivity index (χ2v) is 3.65. The Morgan fingerprint density at radius 1 is 1.24 bits per heavy atom. The largest absolute Gasteiger partial charge is 0.483 e. The summed E-state index contributed by atoms with van der Waals surface area (Å²) in [6, 6.07) is 10.4. The van der Waals surface area contributed by atoms with Crippen LogP contribution in [0.15, 0.2) is 36.5 Å². The first kappa shape index (κ1) is 11.1. The molecule has 0 saturated carbocycles. The van der Waals surface area contributed by atoms with Gasteiger partial charge in [-0.05, 0) is 19.1 Å². The van der Waals surface area contributed by atoms with Crippen LogP contribution in [0.4, 0.5) is 0 Å². The van der Waals surface area contributed by atoms with Crippen molar-refractivity contribution >= 4 is 28.3 Å². The first-order valence-electron chi connectivity index (χ1n) is 5.17. The number of H-pyrrole nitrogens is 1. The number of para-hydroxylation sites is 1. The van der Waals surface area contributed by atoms with Gasteiger partial charge in [0, 0.05) is 22.0 Å². The quantitative estimate of drug-likeness (QED) is 0.581. The minimum atomic E-state index is -0.250. The molecule has 2 N–H and O–H groups in total. The Bertz CT molecular complexity index is 659. The lowest BCUT2D eigenvalue weighted by atomic mass is 10.2. The molecule has 0 aliphatic rings. The lowest BCUT2D eigenvalue weighted by Gasteiger charge is -1.91. The number of carbonyl (C=O) groups is 1. The van der Waals surface area contributed by atoms with Gasteiger partial charge in [-0.2, -0.15) is 0 Å². The Morgan fingerprint density at radius 2 is 1.94 bits per heavy atom. The van der Waals surface area contributed by atoms with Crippen LogP contribution >= 0.6 is 0 Å². The molecule has 0 spiro atoms. The van der Waals surface area contributed by atoms with E-state index in [1.54, 1.807) is 0 Å². The van der Waals surface area contributed by atoms with Crippen LogP contribution in [0.5, 0.6) is 0 Å². The van der Waals surface area contributed by atoms with Crippen LogP contribution in [-0.2, 0) is 4.79 Å². The molecule has 0 unspecified atom stereocenters. The summed E-state index contributed by atoms with van der Waals surface area (Å²) in [6.45, 7) is 1.77. The van der Waals surface area contributed by atoms with Gasteiger partial charge in [0.15, 0.2) is 0 Å². The summed E-state index contributed by atoms with van der Waals surface area (Å²) >= 11 is 0. The van der Waals surface area contributed by atoms with Crippen LogP contribution in [0.1, 0.15) is 5.69 Å². The number of benzene rings is 1. The molecule has 0 aliphatic carbocycles. The molecule has 17 heavy (non-hydrogen) atoms. The third kappa shape index (κ3) is 2.10. The Balaban J connectivity index is 0.000000329. The van der Waals surface area contributed by atoms with E-state index < -0.39 is 0 Å². The molecule has 4 nitrogen and oxygen atoms in total. The zero-order valence-electron chi connectivity index (χ0n) is 9.34. The third-order valence-electron chi connectivity index (χ3n) is 2.53. The van der Waals surface area contributed by atoms with E-state index in [0.29, 0.717) is 0 Å². The highest BCUT2D eigenvalue weighted by atomic mass is 16.3. The van der Waals surface area contributed by atoms with Crippen LogP contribution in [0.2, 0.25) is 0 Å². The standard InChI is InChI=1S/C12H10N2.CH2O2/c1-8-6-10-9-4-2-3-5-11(9)14-12(10)7-13-8;2-1-3/h2-7,14H,1H3;1H,(H,2,3). The summed E-state index contributed by atoms with van der Waals surface area (Å²) in [5.41, 5.74) is 3.34. The summed E-state index contributed by atoms with van der Waals surface area (Å²) in [5.74, 6) is 0. The number of hydrogen-bond donors (Lipinski definition) is 2. The van der Waals surface area contributed by atoms with Gasteiger partial charge in [0.05, 0.1) is 11.7 Å². The second kappa shape index (κ2) is 4.65. The average molecular weight is 228 g/mol. The number of hydrogen-bond acceptors (Lipinski definition) is 2. The normalized spacial score (nSPS) is 9.94. The third-order valence-corrected chi connectivity index (χ3v) is 2.53. The van der Waals surface area contributed by atoms with Crippen molar-refractivity contribution in [2.45, 2.75) is 6.92 Å². The number of nitrogens with one attached hydrogen (secondary N) is 1. The van der Waals surface area contributed by atoms with Crippen LogP contribution in [0, 0.1) is 6.92 Å². The molecule has 0 fully saturated rings. The van der Waals surface area contributed by atoms with Gasteiger partial charge in [0.2, 0.25) is 0 Å². The van der Waals surface area contributed by atoms with Crippen LogP contribution < -0.4 is 0 Å². The van der Waals surface area contributed by atoms with Crippen molar-refractivity contribution in [1.82, 2.24) is 9.97 Å².